The van der Waals surface area contributed by atoms with E-state index in [9.17, 15) is 14.4 Å². The summed E-state index contributed by atoms with van der Waals surface area (Å²) < 4.78 is 4.82. The van der Waals surface area contributed by atoms with Gasteiger partial charge in [-0.1, -0.05) is 38.5 Å². The molecule has 3 rings (SSSR count). The molecule has 0 saturated heterocycles. The van der Waals surface area contributed by atoms with Crippen molar-refractivity contribution < 1.29 is 19.1 Å². The number of hydrogen-bond acceptors (Lipinski definition) is 4. The number of benzene rings is 1. The second-order valence-corrected chi connectivity index (χ2v) is 7.94. The number of anilines is 2. The summed E-state index contributed by atoms with van der Waals surface area (Å²) >= 11 is 0. The standard InChI is InChI=1S/C22H30N2O4/c1-28-22(27)17-12-18(23-20(25)15-8-4-2-5-9-15)14-19(13-17)24-21(26)16-10-6-3-7-11-16/h12-16H,2-11H2,1H3,(H,23,25)(H,24,26). The Balaban J connectivity index is 1.75. The zero-order chi connectivity index (χ0) is 19.9. The molecule has 0 heterocycles. The van der Waals surface area contributed by atoms with Gasteiger partial charge in [-0.25, -0.2) is 4.79 Å². The smallest absolute Gasteiger partial charge is 0.337 e. The largest absolute Gasteiger partial charge is 0.465 e. The van der Waals surface area contributed by atoms with Crippen molar-refractivity contribution in [1.29, 1.82) is 0 Å². The molecule has 28 heavy (non-hydrogen) atoms. The molecule has 2 aliphatic rings. The fraction of sp³-hybridized carbons (Fsp3) is 0.591. The van der Waals surface area contributed by atoms with Gasteiger partial charge in [0.25, 0.3) is 0 Å². The number of amides is 2. The molecule has 1 aromatic rings. The first-order valence-electron chi connectivity index (χ1n) is 10.4. The van der Waals surface area contributed by atoms with Crippen LogP contribution in [0.3, 0.4) is 0 Å². The summed E-state index contributed by atoms with van der Waals surface area (Å²) in [6.45, 7) is 0. The van der Waals surface area contributed by atoms with Gasteiger partial charge in [0.05, 0.1) is 12.7 Å². The Labute approximate surface area is 166 Å². The molecule has 2 saturated carbocycles. The van der Waals surface area contributed by atoms with Crippen LogP contribution in [-0.4, -0.2) is 24.9 Å². The summed E-state index contributed by atoms with van der Waals surface area (Å²) in [5.74, 6) is -0.522. The highest BCUT2D eigenvalue weighted by Gasteiger charge is 2.23. The number of esters is 1. The van der Waals surface area contributed by atoms with Crippen LogP contribution in [0, 0.1) is 11.8 Å². The average molecular weight is 386 g/mol. The van der Waals surface area contributed by atoms with E-state index in [4.69, 9.17) is 4.74 Å². The van der Waals surface area contributed by atoms with Crippen LogP contribution in [-0.2, 0) is 14.3 Å². The maximum absolute atomic E-state index is 12.6. The van der Waals surface area contributed by atoms with E-state index < -0.39 is 5.97 Å². The lowest BCUT2D eigenvalue weighted by molar-refractivity contribution is -0.121. The molecule has 0 atom stereocenters. The Hall–Kier alpha value is -2.37. The third kappa shape index (κ3) is 5.33. The van der Waals surface area contributed by atoms with Crippen LogP contribution < -0.4 is 10.6 Å². The molecular formula is C22H30N2O4. The van der Waals surface area contributed by atoms with E-state index in [1.807, 2.05) is 0 Å². The Morgan fingerprint density at radius 2 is 1.18 bits per heavy atom. The highest BCUT2D eigenvalue weighted by atomic mass is 16.5. The molecule has 0 bridgehead atoms. The molecule has 152 valence electrons. The van der Waals surface area contributed by atoms with E-state index in [0.29, 0.717) is 16.9 Å². The molecule has 0 unspecified atom stereocenters. The van der Waals surface area contributed by atoms with Crippen molar-refractivity contribution in [3.63, 3.8) is 0 Å². The lowest BCUT2D eigenvalue weighted by atomic mass is 9.88. The Morgan fingerprint density at radius 1 is 0.750 bits per heavy atom. The van der Waals surface area contributed by atoms with E-state index in [1.54, 1.807) is 18.2 Å². The third-order valence-corrected chi connectivity index (χ3v) is 5.84. The van der Waals surface area contributed by atoms with Gasteiger partial charge in [-0.15, -0.1) is 0 Å². The van der Waals surface area contributed by atoms with E-state index in [2.05, 4.69) is 10.6 Å². The summed E-state index contributed by atoms with van der Waals surface area (Å²) in [6.07, 6.45) is 10.2. The fourth-order valence-electron chi connectivity index (χ4n) is 4.23. The second kappa shape index (κ2) is 9.71. The van der Waals surface area contributed by atoms with Crippen molar-refractivity contribution in [2.75, 3.05) is 17.7 Å². The molecule has 0 spiro atoms. The first-order valence-corrected chi connectivity index (χ1v) is 10.4. The first kappa shape index (κ1) is 20.4. The molecule has 0 aliphatic heterocycles. The maximum Gasteiger partial charge on any atom is 0.337 e. The minimum atomic E-state index is -0.498. The van der Waals surface area contributed by atoms with Gasteiger partial charge < -0.3 is 15.4 Å². The van der Waals surface area contributed by atoms with Gasteiger partial charge in [0, 0.05) is 23.2 Å². The fourth-order valence-corrected chi connectivity index (χ4v) is 4.23. The number of ether oxygens (including phenoxy) is 1. The number of nitrogens with one attached hydrogen (secondary N) is 2. The zero-order valence-electron chi connectivity index (χ0n) is 16.6. The number of carbonyl (C=O) groups is 3. The quantitative estimate of drug-likeness (QED) is 0.729. The lowest BCUT2D eigenvalue weighted by Crippen LogP contribution is -2.26. The van der Waals surface area contributed by atoms with E-state index in [-0.39, 0.29) is 23.7 Å². The van der Waals surface area contributed by atoms with Crippen molar-refractivity contribution in [1.82, 2.24) is 0 Å². The van der Waals surface area contributed by atoms with E-state index in [0.717, 1.165) is 51.4 Å². The van der Waals surface area contributed by atoms with Crippen molar-refractivity contribution in [3.8, 4) is 0 Å². The van der Waals surface area contributed by atoms with Crippen LogP contribution in [0.25, 0.3) is 0 Å². The number of carbonyl (C=O) groups excluding carboxylic acids is 3. The molecule has 2 amide bonds. The van der Waals surface area contributed by atoms with Crippen molar-refractivity contribution in [2.24, 2.45) is 11.8 Å². The van der Waals surface area contributed by atoms with E-state index >= 15 is 0 Å². The first-order chi connectivity index (χ1) is 13.6. The summed E-state index contributed by atoms with van der Waals surface area (Å²) in [7, 11) is 1.32. The zero-order valence-corrected chi connectivity index (χ0v) is 16.6. The second-order valence-electron chi connectivity index (χ2n) is 7.94. The number of hydrogen-bond donors (Lipinski definition) is 2. The van der Waals surface area contributed by atoms with Crippen LogP contribution in [0.5, 0.6) is 0 Å². The van der Waals surface area contributed by atoms with Crippen LogP contribution >= 0.6 is 0 Å². The van der Waals surface area contributed by atoms with Crippen LogP contribution in [0.4, 0.5) is 11.4 Å². The molecule has 0 aromatic heterocycles. The molecule has 2 aliphatic carbocycles. The third-order valence-electron chi connectivity index (χ3n) is 5.84. The Bertz CT molecular complexity index is 669. The molecule has 0 radical (unpaired) electrons. The van der Waals surface area contributed by atoms with Gasteiger partial charge in [0.1, 0.15) is 0 Å². The summed E-state index contributed by atoms with van der Waals surface area (Å²) in [4.78, 5) is 37.2. The monoisotopic (exact) mass is 386 g/mol. The average Bonchev–Trinajstić information content (AvgIpc) is 2.74. The van der Waals surface area contributed by atoms with Gasteiger partial charge in [0.2, 0.25) is 11.8 Å². The van der Waals surface area contributed by atoms with Crippen LogP contribution in [0.2, 0.25) is 0 Å². The van der Waals surface area contributed by atoms with Crippen LogP contribution in [0.15, 0.2) is 18.2 Å². The van der Waals surface area contributed by atoms with Crippen molar-refractivity contribution in [2.45, 2.75) is 64.2 Å². The van der Waals surface area contributed by atoms with Crippen LogP contribution in [0.1, 0.15) is 74.6 Å². The molecule has 6 heteroatoms. The van der Waals surface area contributed by atoms with E-state index in [1.165, 1.54) is 20.0 Å². The maximum atomic E-state index is 12.6. The highest BCUT2D eigenvalue weighted by Crippen LogP contribution is 2.28. The number of rotatable bonds is 5. The molecule has 2 fully saturated rings. The van der Waals surface area contributed by atoms with Gasteiger partial charge in [-0.05, 0) is 43.9 Å². The lowest BCUT2D eigenvalue weighted by Gasteiger charge is -2.22. The predicted octanol–water partition coefficient (Wildman–Crippen LogP) is 4.51. The van der Waals surface area contributed by atoms with Gasteiger partial charge in [-0.2, -0.15) is 0 Å². The molecular weight excluding hydrogens is 356 g/mol. The molecule has 6 nitrogen and oxygen atoms in total. The normalized spacial score (nSPS) is 18.3. The topological polar surface area (TPSA) is 84.5 Å². The minimum Gasteiger partial charge on any atom is -0.465 e. The summed E-state index contributed by atoms with van der Waals surface area (Å²) in [5, 5.41) is 5.85. The minimum absolute atomic E-state index is 0.0100. The van der Waals surface area contributed by atoms with Gasteiger partial charge >= 0.3 is 5.97 Å². The molecule has 1 aromatic carbocycles. The Kier molecular flexibility index (Phi) is 7.06. The summed E-state index contributed by atoms with van der Waals surface area (Å²) in [6, 6.07) is 4.92. The van der Waals surface area contributed by atoms with Gasteiger partial charge in [-0.3, -0.25) is 9.59 Å². The Morgan fingerprint density at radius 3 is 1.57 bits per heavy atom. The predicted molar refractivity (Wildman–Crippen MR) is 108 cm³/mol. The van der Waals surface area contributed by atoms with Crippen molar-refractivity contribution >= 4 is 29.2 Å². The number of methoxy groups -OCH3 is 1. The van der Waals surface area contributed by atoms with Crippen molar-refractivity contribution in [3.05, 3.63) is 23.8 Å². The molecule has 2 N–H and O–H groups in total. The summed E-state index contributed by atoms with van der Waals surface area (Å²) in [5.41, 5.74) is 1.33. The van der Waals surface area contributed by atoms with Gasteiger partial charge in [0.15, 0.2) is 0 Å². The SMILES string of the molecule is COC(=O)c1cc(NC(=O)C2CCCCC2)cc(NC(=O)C2CCCCC2)c1. The highest BCUT2D eigenvalue weighted by molar-refractivity contribution is 5.99.